The molecule has 0 aliphatic carbocycles. The quantitative estimate of drug-likeness (QED) is 0.589. The van der Waals surface area contributed by atoms with Gasteiger partial charge in [0, 0.05) is 28.6 Å². The van der Waals surface area contributed by atoms with Gasteiger partial charge >= 0.3 is 5.97 Å². The van der Waals surface area contributed by atoms with Crippen LogP contribution in [0.5, 0.6) is 0 Å². The predicted molar refractivity (Wildman–Crippen MR) is 117 cm³/mol. The fourth-order valence-corrected chi connectivity index (χ4v) is 4.53. The van der Waals surface area contributed by atoms with Gasteiger partial charge in [-0.3, -0.25) is 4.79 Å². The highest BCUT2D eigenvalue weighted by Crippen LogP contribution is 2.37. The van der Waals surface area contributed by atoms with Crippen LogP contribution in [0.3, 0.4) is 0 Å². The lowest BCUT2D eigenvalue weighted by molar-refractivity contribution is -0.121. The molecule has 1 amide bonds. The number of ether oxygens (including phenoxy) is 1. The molecule has 0 fully saturated rings. The van der Waals surface area contributed by atoms with Gasteiger partial charge in [-0.15, -0.1) is 11.8 Å². The summed E-state index contributed by atoms with van der Waals surface area (Å²) < 4.78 is 7.11. The van der Waals surface area contributed by atoms with Crippen molar-refractivity contribution in [2.75, 3.05) is 18.1 Å². The second kappa shape index (κ2) is 8.75. The molecule has 0 saturated heterocycles. The average Bonchev–Trinajstić information content (AvgIpc) is 3.11. The molecular weight excluding hydrogens is 398 g/mol. The fraction of sp³-hybridized carbons (Fsp3) is 0.261. The van der Waals surface area contributed by atoms with Gasteiger partial charge in [-0.1, -0.05) is 19.1 Å². The molecule has 30 heavy (non-hydrogen) atoms. The van der Waals surface area contributed by atoms with E-state index in [1.165, 1.54) is 0 Å². The van der Waals surface area contributed by atoms with Crippen LogP contribution >= 0.6 is 11.8 Å². The number of amides is 1. The zero-order valence-corrected chi connectivity index (χ0v) is 17.8. The molecule has 2 heterocycles. The first-order chi connectivity index (χ1) is 14.5. The van der Waals surface area contributed by atoms with Crippen molar-refractivity contribution in [3.8, 4) is 5.69 Å². The van der Waals surface area contributed by atoms with Crippen molar-refractivity contribution in [3.05, 3.63) is 72.1 Å². The number of carbonyl (C=O) groups excluding carboxylic acids is 2. The molecule has 1 aliphatic rings. The number of benzene rings is 2. The molecule has 0 spiro atoms. The number of rotatable bonds is 4. The first-order valence-corrected chi connectivity index (χ1v) is 10.7. The Hall–Kier alpha value is -3.06. The molecule has 6 nitrogen and oxygen atoms in total. The molecule has 0 N–H and O–H groups in total. The van der Waals surface area contributed by atoms with E-state index in [4.69, 9.17) is 4.74 Å². The Labute approximate surface area is 179 Å². The van der Waals surface area contributed by atoms with Crippen LogP contribution in [0, 0.1) is 6.92 Å². The van der Waals surface area contributed by atoms with Crippen LogP contribution in [0.4, 0.5) is 5.69 Å². The van der Waals surface area contributed by atoms with E-state index in [9.17, 15) is 9.59 Å². The number of aryl methyl sites for hydroxylation is 1. The maximum Gasteiger partial charge on any atom is 0.338 e. The minimum absolute atomic E-state index is 0.214. The van der Waals surface area contributed by atoms with Crippen LogP contribution in [-0.2, 0) is 9.53 Å². The minimum atomic E-state index is -0.516. The Balaban J connectivity index is 1.41. The number of hydrogen-bond acceptors (Lipinski definition) is 5. The Bertz CT molecular complexity index is 1060. The predicted octanol–water partition coefficient (Wildman–Crippen LogP) is 4.26. The van der Waals surface area contributed by atoms with Crippen molar-refractivity contribution in [2.45, 2.75) is 30.4 Å². The zero-order valence-electron chi connectivity index (χ0n) is 16.9. The Morgan fingerprint density at radius 2 is 1.90 bits per heavy atom. The topological polar surface area (TPSA) is 64.4 Å². The van der Waals surface area contributed by atoms with Gasteiger partial charge in [-0.25, -0.2) is 9.48 Å². The number of para-hydroxylation sites is 1. The summed E-state index contributed by atoms with van der Waals surface area (Å²) in [5.41, 5.74) is 3.14. The van der Waals surface area contributed by atoms with Crippen LogP contribution in [0.2, 0.25) is 0 Å². The van der Waals surface area contributed by atoms with Gasteiger partial charge in [0.05, 0.1) is 16.9 Å². The highest BCUT2D eigenvalue weighted by atomic mass is 32.2. The summed E-state index contributed by atoms with van der Waals surface area (Å²) >= 11 is 1.77. The summed E-state index contributed by atoms with van der Waals surface area (Å²) in [4.78, 5) is 28.1. The number of hydrogen-bond donors (Lipinski definition) is 0. The summed E-state index contributed by atoms with van der Waals surface area (Å²) in [6.07, 6.45) is 2.61. The van der Waals surface area contributed by atoms with E-state index in [-0.39, 0.29) is 12.5 Å². The molecule has 4 rings (SSSR count). The average molecular weight is 422 g/mol. The van der Waals surface area contributed by atoms with Crippen LogP contribution in [-0.4, -0.2) is 40.1 Å². The number of carbonyl (C=O) groups is 2. The van der Waals surface area contributed by atoms with Gasteiger partial charge in [0.15, 0.2) is 6.61 Å². The molecule has 2 aromatic carbocycles. The highest BCUT2D eigenvalue weighted by Gasteiger charge is 2.25. The lowest BCUT2D eigenvalue weighted by Gasteiger charge is -2.22. The summed E-state index contributed by atoms with van der Waals surface area (Å²) in [7, 11) is 0. The number of fused-ring (bicyclic) bond motifs is 1. The van der Waals surface area contributed by atoms with Crippen LogP contribution < -0.4 is 4.90 Å². The molecule has 0 unspecified atom stereocenters. The first-order valence-electron chi connectivity index (χ1n) is 9.87. The SMILES string of the molecule is Cc1ccnn1-c1ccc(C(=O)OCC(=O)N2CC[C@H](C)Sc3ccccc32)cc1. The van der Waals surface area contributed by atoms with Gasteiger partial charge in [0.25, 0.3) is 5.91 Å². The van der Waals surface area contributed by atoms with Gasteiger partial charge in [-0.2, -0.15) is 5.10 Å². The fourth-order valence-electron chi connectivity index (χ4n) is 3.41. The molecule has 0 saturated carbocycles. The van der Waals surface area contributed by atoms with Crippen molar-refractivity contribution in [3.63, 3.8) is 0 Å². The maximum atomic E-state index is 12.8. The largest absolute Gasteiger partial charge is 0.452 e. The monoisotopic (exact) mass is 421 g/mol. The van der Waals surface area contributed by atoms with E-state index in [0.717, 1.165) is 28.4 Å². The molecule has 1 aromatic heterocycles. The lowest BCUT2D eigenvalue weighted by atomic mass is 10.2. The third kappa shape index (κ3) is 4.26. The van der Waals surface area contributed by atoms with Crippen LogP contribution in [0.15, 0.2) is 65.7 Å². The molecule has 154 valence electrons. The van der Waals surface area contributed by atoms with E-state index >= 15 is 0 Å². The van der Waals surface area contributed by atoms with E-state index in [1.807, 2.05) is 49.4 Å². The van der Waals surface area contributed by atoms with Crippen molar-refractivity contribution in [2.24, 2.45) is 0 Å². The molecule has 0 bridgehead atoms. The van der Waals surface area contributed by atoms with Gasteiger partial charge in [0.2, 0.25) is 0 Å². The smallest absolute Gasteiger partial charge is 0.338 e. The van der Waals surface area contributed by atoms with E-state index < -0.39 is 5.97 Å². The van der Waals surface area contributed by atoms with Crippen molar-refractivity contribution in [1.29, 1.82) is 0 Å². The van der Waals surface area contributed by atoms with Gasteiger partial charge in [-0.05, 0) is 55.8 Å². The Morgan fingerprint density at radius 3 is 2.63 bits per heavy atom. The standard InChI is InChI=1S/C23H23N3O3S/c1-16-11-13-24-26(16)19-9-7-18(8-10-19)23(28)29-15-22(27)25-14-12-17(2)30-21-6-4-3-5-20(21)25/h3-11,13,17H,12,14-15H2,1-2H3/t17-/m0/s1. The van der Waals surface area contributed by atoms with E-state index in [1.54, 1.807) is 39.7 Å². The Kier molecular flexibility index (Phi) is 5.90. The summed E-state index contributed by atoms with van der Waals surface area (Å²) in [6.45, 7) is 4.44. The van der Waals surface area contributed by atoms with E-state index in [2.05, 4.69) is 12.0 Å². The third-order valence-electron chi connectivity index (χ3n) is 5.05. The van der Waals surface area contributed by atoms with Crippen LogP contribution in [0.1, 0.15) is 29.4 Å². The van der Waals surface area contributed by atoms with Gasteiger partial charge in [0.1, 0.15) is 0 Å². The third-order valence-corrected chi connectivity index (χ3v) is 6.29. The zero-order chi connectivity index (χ0) is 21.1. The lowest BCUT2D eigenvalue weighted by Crippen LogP contribution is -2.35. The number of aromatic nitrogens is 2. The minimum Gasteiger partial charge on any atom is -0.452 e. The van der Waals surface area contributed by atoms with Crippen molar-refractivity contribution < 1.29 is 14.3 Å². The molecular formula is C23H23N3O3S. The van der Waals surface area contributed by atoms with E-state index in [0.29, 0.717) is 17.4 Å². The highest BCUT2D eigenvalue weighted by molar-refractivity contribution is 8.00. The summed E-state index contributed by atoms with van der Waals surface area (Å²) in [6, 6.07) is 16.8. The summed E-state index contributed by atoms with van der Waals surface area (Å²) in [5, 5.41) is 4.67. The number of thioether (sulfide) groups is 1. The molecule has 3 aromatic rings. The van der Waals surface area contributed by atoms with Crippen LogP contribution in [0.25, 0.3) is 5.69 Å². The first kappa shape index (κ1) is 20.2. The van der Waals surface area contributed by atoms with Gasteiger partial charge < -0.3 is 9.64 Å². The van der Waals surface area contributed by atoms with Crippen molar-refractivity contribution in [1.82, 2.24) is 9.78 Å². The summed E-state index contributed by atoms with van der Waals surface area (Å²) in [5.74, 6) is -0.729. The molecule has 1 aliphatic heterocycles. The normalized spacial score (nSPS) is 15.9. The number of esters is 1. The second-order valence-electron chi connectivity index (χ2n) is 7.24. The second-order valence-corrected chi connectivity index (χ2v) is 8.72. The molecule has 0 radical (unpaired) electrons. The number of anilines is 1. The maximum absolute atomic E-state index is 12.8. The van der Waals surface area contributed by atoms with Crippen molar-refractivity contribution >= 4 is 29.3 Å². The molecule has 1 atom stereocenters. The molecule has 7 heteroatoms. The Morgan fingerprint density at radius 1 is 1.13 bits per heavy atom. The number of nitrogens with zero attached hydrogens (tertiary/aromatic N) is 3.